The minimum Gasteiger partial charge on any atom is -0.468 e. The van der Waals surface area contributed by atoms with E-state index in [0.717, 1.165) is 9.26 Å². The number of aromatic nitrogens is 2. The maximum absolute atomic E-state index is 12.0. The van der Waals surface area contributed by atoms with Gasteiger partial charge in [-0.1, -0.05) is 11.6 Å². The van der Waals surface area contributed by atoms with Crippen LogP contribution in [-0.4, -0.2) is 22.4 Å². The Bertz CT molecular complexity index is 644. The molecule has 0 aliphatic heterocycles. The lowest BCUT2D eigenvalue weighted by Gasteiger charge is -2.09. The van der Waals surface area contributed by atoms with E-state index in [-0.39, 0.29) is 12.4 Å². The van der Waals surface area contributed by atoms with Crippen molar-refractivity contribution in [1.29, 1.82) is 0 Å². The molecule has 1 heterocycles. The van der Waals surface area contributed by atoms with Gasteiger partial charge in [0.2, 0.25) is 5.88 Å². The number of benzene rings is 1. The van der Waals surface area contributed by atoms with Gasteiger partial charge in [-0.3, -0.25) is 4.79 Å². The monoisotopic (exact) mass is 402 g/mol. The maximum Gasteiger partial charge on any atom is 0.231 e. The molecule has 0 atom stereocenters. The fourth-order valence-corrected chi connectivity index (χ4v) is 2.14. The van der Waals surface area contributed by atoms with E-state index in [2.05, 4.69) is 32.6 Å². The maximum atomic E-state index is 12.0. The Hall–Kier alpha value is -1.21. The number of ketones is 1. The molecule has 1 aromatic carbocycles. The smallest absolute Gasteiger partial charge is 0.231 e. The van der Waals surface area contributed by atoms with Gasteiger partial charge < -0.3 is 4.74 Å². The van der Waals surface area contributed by atoms with Crippen molar-refractivity contribution in [3.63, 3.8) is 0 Å². The first-order valence-electron chi connectivity index (χ1n) is 5.89. The lowest BCUT2D eigenvalue weighted by molar-refractivity contribution is 0.0917. The summed E-state index contributed by atoms with van der Waals surface area (Å²) in [7, 11) is 0. The summed E-state index contributed by atoms with van der Waals surface area (Å²) in [5.74, 6) is 0.946. The normalized spacial score (nSPS) is 10.4. The Labute approximate surface area is 135 Å². The summed E-state index contributed by atoms with van der Waals surface area (Å²) in [6, 6.07) is 6.71. The summed E-state index contributed by atoms with van der Waals surface area (Å²) in [5, 5.41) is 0.596. The van der Waals surface area contributed by atoms with Crippen molar-refractivity contribution in [3.05, 3.63) is 49.9 Å². The van der Waals surface area contributed by atoms with Crippen molar-refractivity contribution in [3.8, 4) is 5.88 Å². The summed E-state index contributed by atoms with van der Waals surface area (Å²) in [6.45, 7) is 3.61. The van der Waals surface area contributed by atoms with Gasteiger partial charge in [0.15, 0.2) is 12.4 Å². The molecule has 0 N–H and O–H groups in total. The second kappa shape index (κ2) is 6.49. The summed E-state index contributed by atoms with van der Waals surface area (Å²) in [5.41, 5.74) is 1.40. The third-order valence-corrected chi connectivity index (χ3v) is 4.10. The Morgan fingerprint density at radius 3 is 2.55 bits per heavy atom. The van der Waals surface area contributed by atoms with E-state index in [1.165, 1.54) is 0 Å². The third kappa shape index (κ3) is 3.67. The zero-order valence-electron chi connectivity index (χ0n) is 11.0. The van der Waals surface area contributed by atoms with Crippen LogP contribution in [0, 0.1) is 17.4 Å². The minimum atomic E-state index is -0.119. The van der Waals surface area contributed by atoms with E-state index < -0.39 is 0 Å². The first-order chi connectivity index (χ1) is 9.47. The fourth-order valence-electron chi connectivity index (χ4n) is 1.62. The quantitative estimate of drug-likeness (QED) is 0.579. The molecule has 0 aliphatic carbocycles. The molecule has 20 heavy (non-hydrogen) atoms. The predicted octanol–water partition coefficient (Wildman–Crippen LogP) is 3.61. The summed E-state index contributed by atoms with van der Waals surface area (Å²) in [4.78, 5) is 20.4. The van der Waals surface area contributed by atoms with Crippen LogP contribution in [0.5, 0.6) is 5.88 Å². The molecular weight excluding hydrogens is 391 g/mol. The molecule has 1 aromatic heterocycles. The molecule has 0 amide bonds. The highest BCUT2D eigenvalue weighted by Gasteiger charge is 2.12. The molecule has 6 heteroatoms. The molecule has 0 saturated carbocycles. The van der Waals surface area contributed by atoms with Gasteiger partial charge in [-0.2, -0.15) is 4.98 Å². The molecule has 0 fully saturated rings. The standard InChI is InChI=1S/C14H12ClIN2O2/c1-8-13(16)14(18-9(2)17-8)20-7-12(19)10-3-5-11(15)6-4-10/h3-6H,7H2,1-2H3. The molecule has 0 saturated heterocycles. The largest absolute Gasteiger partial charge is 0.468 e. The van der Waals surface area contributed by atoms with Crippen LogP contribution in [0.4, 0.5) is 0 Å². The van der Waals surface area contributed by atoms with Crippen molar-refractivity contribution in [2.24, 2.45) is 0 Å². The zero-order valence-corrected chi connectivity index (χ0v) is 13.9. The number of Topliss-reactive ketones (excluding diaryl/α,β-unsaturated/α-hetero) is 1. The molecule has 0 spiro atoms. The lowest BCUT2D eigenvalue weighted by Crippen LogP contribution is -2.13. The molecule has 2 rings (SSSR count). The number of halogens is 2. The number of aryl methyl sites for hydroxylation is 2. The van der Waals surface area contributed by atoms with E-state index in [1.54, 1.807) is 31.2 Å². The molecule has 2 aromatic rings. The number of hydrogen-bond donors (Lipinski definition) is 0. The van der Waals surface area contributed by atoms with Gasteiger partial charge in [-0.05, 0) is 60.7 Å². The lowest BCUT2D eigenvalue weighted by atomic mass is 10.1. The van der Waals surface area contributed by atoms with Gasteiger partial charge in [0, 0.05) is 10.6 Å². The summed E-state index contributed by atoms with van der Waals surface area (Å²) >= 11 is 7.89. The third-order valence-electron chi connectivity index (χ3n) is 2.60. The molecule has 4 nitrogen and oxygen atoms in total. The number of carbonyl (C=O) groups excluding carboxylic acids is 1. The second-order valence-corrected chi connectivity index (χ2v) is 5.71. The van der Waals surface area contributed by atoms with Gasteiger partial charge in [0.1, 0.15) is 5.82 Å². The Morgan fingerprint density at radius 1 is 1.25 bits per heavy atom. The molecular formula is C14H12ClIN2O2. The average Bonchev–Trinajstić information content (AvgIpc) is 2.41. The number of nitrogens with zero attached hydrogens (tertiary/aromatic N) is 2. The minimum absolute atomic E-state index is 0.0620. The van der Waals surface area contributed by atoms with Crippen LogP contribution in [0.2, 0.25) is 5.02 Å². The van der Waals surface area contributed by atoms with Crippen molar-refractivity contribution in [1.82, 2.24) is 9.97 Å². The first kappa shape index (κ1) is 15.2. The highest BCUT2D eigenvalue weighted by atomic mass is 127. The van der Waals surface area contributed by atoms with Gasteiger partial charge >= 0.3 is 0 Å². The van der Waals surface area contributed by atoms with Gasteiger partial charge in [-0.25, -0.2) is 4.98 Å². The predicted molar refractivity (Wildman–Crippen MR) is 85.5 cm³/mol. The van der Waals surface area contributed by atoms with Crippen LogP contribution in [0.15, 0.2) is 24.3 Å². The number of rotatable bonds is 4. The average molecular weight is 403 g/mol. The fraction of sp³-hybridized carbons (Fsp3) is 0.214. The van der Waals surface area contributed by atoms with Crippen LogP contribution in [-0.2, 0) is 0 Å². The van der Waals surface area contributed by atoms with Crippen LogP contribution in [0.1, 0.15) is 21.9 Å². The van der Waals surface area contributed by atoms with E-state index >= 15 is 0 Å². The van der Waals surface area contributed by atoms with Crippen molar-refractivity contribution in [2.75, 3.05) is 6.61 Å². The van der Waals surface area contributed by atoms with Crippen molar-refractivity contribution in [2.45, 2.75) is 13.8 Å². The second-order valence-electron chi connectivity index (χ2n) is 4.19. The molecule has 0 bridgehead atoms. The molecule has 104 valence electrons. The van der Waals surface area contributed by atoms with Crippen LogP contribution < -0.4 is 4.74 Å². The van der Waals surface area contributed by atoms with E-state index in [1.807, 2.05) is 6.92 Å². The van der Waals surface area contributed by atoms with Crippen molar-refractivity contribution < 1.29 is 9.53 Å². The summed E-state index contributed by atoms with van der Waals surface area (Å²) < 4.78 is 6.32. The van der Waals surface area contributed by atoms with Crippen LogP contribution >= 0.6 is 34.2 Å². The van der Waals surface area contributed by atoms with E-state index in [9.17, 15) is 4.79 Å². The van der Waals surface area contributed by atoms with Gasteiger partial charge in [0.25, 0.3) is 0 Å². The van der Waals surface area contributed by atoms with E-state index in [4.69, 9.17) is 16.3 Å². The molecule has 0 aliphatic rings. The Balaban J connectivity index is 2.09. The topological polar surface area (TPSA) is 52.1 Å². The SMILES string of the molecule is Cc1nc(C)c(I)c(OCC(=O)c2ccc(Cl)cc2)n1. The van der Waals surface area contributed by atoms with Gasteiger partial charge in [-0.15, -0.1) is 0 Å². The van der Waals surface area contributed by atoms with Crippen LogP contribution in [0.25, 0.3) is 0 Å². The van der Waals surface area contributed by atoms with Crippen molar-refractivity contribution >= 4 is 40.0 Å². The number of ether oxygens (including phenoxy) is 1. The Morgan fingerprint density at radius 2 is 1.90 bits per heavy atom. The zero-order chi connectivity index (χ0) is 14.7. The van der Waals surface area contributed by atoms with E-state index in [0.29, 0.717) is 22.3 Å². The molecule has 0 unspecified atom stereocenters. The number of hydrogen-bond acceptors (Lipinski definition) is 4. The first-order valence-corrected chi connectivity index (χ1v) is 7.35. The Kier molecular flexibility index (Phi) is 4.93. The highest BCUT2D eigenvalue weighted by Crippen LogP contribution is 2.21. The number of carbonyl (C=O) groups is 1. The highest BCUT2D eigenvalue weighted by molar-refractivity contribution is 14.1. The molecule has 0 radical (unpaired) electrons. The van der Waals surface area contributed by atoms with Gasteiger partial charge in [0.05, 0.1) is 9.26 Å². The summed E-state index contributed by atoms with van der Waals surface area (Å²) in [6.07, 6.45) is 0. The van der Waals surface area contributed by atoms with Crippen LogP contribution in [0.3, 0.4) is 0 Å².